The van der Waals surface area contributed by atoms with Crippen LogP contribution in [0.2, 0.25) is 0 Å². The molecule has 13 heteroatoms. The predicted molar refractivity (Wildman–Crippen MR) is 170 cm³/mol. The molecule has 3 amide bonds. The number of sulfonamides is 1. The number of primary amides is 1. The lowest BCUT2D eigenvalue weighted by Crippen LogP contribution is -2.49. The lowest BCUT2D eigenvalue weighted by Gasteiger charge is -2.38. The van der Waals surface area contributed by atoms with Crippen molar-refractivity contribution in [1.82, 2.24) is 9.80 Å². The van der Waals surface area contributed by atoms with Crippen molar-refractivity contribution in [3.8, 4) is 11.5 Å². The Kier molecular flexibility index (Phi) is 11.0. The van der Waals surface area contributed by atoms with E-state index in [4.69, 9.17) is 10.5 Å². The fourth-order valence-corrected chi connectivity index (χ4v) is 5.84. The summed E-state index contributed by atoms with van der Waals surface area (Å²) in [6.07, 6.45) is 4.17. The van der Waals surface area contributed by atoms with Crippen LogP contribution in [0.3, 0.4) is 0 Å². The fourth-order valence-electron chi connectivity index (χ4n) is 5.28. The van der Waals surface area contributed by atoms with E-state index < -0.39 is 39.2 Å². The summed E-state index contributed by atoms with van der Waals surface area (Å²) in [6, 6.07) is 13.4. The molecule has 1 fully saturated rings. The number of ether oxygens (including phenoxy) is 1. The summed E-state index contributed by atoms with van der Waals surface area (Å²) in [6.45, 7) is 6.75. The second-order valence-electron chi connectivity index (χ2n) is 11.2. The fraction of sp³-hybridized carbons (Fsp3) is 0.375. The van der Waals surface area contributed by atoms with Crippen molar-refractivity contribution < 1.29 is 31.5 Å². The molecule has 1 saturated heterocycles. The second-order valence-corrected chi connectivity index (χ2v) is 13.0. The average molecular weight is 644 g/mol. The minimum atomic E-state index is -3.36. The summed E-state index contributed by atoms with van der Waals surface area (Å²) >= 11 is 0. The number of benzene rings is 3. The van der Waals surface area contributed by atoms with Gasteiger partial charge in [-0.2, -0.15) is 0 Å². The van der Waals surface area contributed by atoms with Crippen LogP contribution >= 0.6 is 0 Å². The van der Waals surface area contributed by atoms with E-state index in [0.717, 1.165) is 68.8 Å². The highest BCUT2D eigenvalue weighted by atomic mass is 32.2. The maximum absolute atomic E-state index is 14.4. The Bertz CT molecular complexity index is 1630. The summed E-state index contributed by atoms with van der Waals surface area (Å²) < 4.78 is 59.6. The molecule has 3 aromatic carbocycles. The number of aryl methyl sites for hydroxylation is 1. The third-order valence-corrected chi connectivity index (χ3v) is 8.28. The van der Waals surface area contributed by atoms with E-state index in [2.05, 4.69) is 14.9 Å². The zero-order valence-electron chi connectivity index (χ0n) is 25.6. The number of unbranched alkanes of at least 4 members (excludes halogenated alkanes) is 1. The van der Waals surface area contributed by atoms with Gasteiger partial charge in [0, 0.05) is 44.0 Å². The van der Waals surface area contributed by atoms with E-state index in [0.29, 0.717) is 29.8 Å². The van der Waals surface area contributed by atoms with Gasteiger partial charge in [0.15, 0.2) is 0 Å². The van der Waals surface area contributed by atoms with Gasteiger partial charge < -0.3 is 20.7 Å². The molecule has 1 aliphatic heterocycles. The van der Waals surface area contributed by atoms with Crippen molar-refractivity contribution in [3.05, 3.63) is 82.9 Å². The molecule has 0 atom stereocenters. The maximum Gasteiger partial charge on any atom is 0.322 e. The highest BCUT2D eigenvalue weighted by Gasteiger charge is 2.29. The Balaban J connectivity index is 1.35. The van der Waals surface area contributed by atoms with E-state index in [-0.39, 0.29) is 11.7 Å². The first-order chi connectivity index (χ1) is 21.3. The summed E-state index contributed by atoms with van der Waals surface area (Å²) in [5.41, 5.74) is 7.06. The molecule has 0 saturated carbocycles. The smallest absolute Gasteiger partial charge is 0.322 e. The van der Waals surface area contributed by atoms with Crippen molar-refractivity contribution in [1.29, 1.82) is 0 Å². The lowest BCUT2D eigenvalue weighted by molar-refractivity contribution is 0.0996. The molecule has 1 heterocycles. The van der Waals surface area contributed by atoms with E-state index in [1.165, 1.54) is 0 Å². The average Bonchev–Trinajstić information content (AvgIpc) is 2.97. The van der Waals surface area contributed by atoms with Gasteiger partial charge in [-0.05, 0) is 79.8 Å². The number of hydrogen-bond donors (Lipinski definition) is 3. The highest BCUT2D eigenvalue weighted by Crippen LogP contribution is 2.28. The third-order valence-electron chi connectivity index (χ3n) is 7.68. The highest BCUT2D eigenvalue weighted by molar-refractivity contribution is 7.92. The van der Waals surface area contributed by atoms with Crippen LogP contribution in [0.1, 0.15) is 54.1 Å². The predicted octanol–water partition coefficient (Wildman–Crippen LogP) is 5.83. The molecule has 242 valence electrons. The van der Waals surface area contributed by atoms with Crippen LogP contribution in [0.15, 0.2) is 54.6 Å². The summed E-state index contributed by atoms with van der Waals surface area (Å²) in [5, 5.41) is 2.52. The quantitative estimate of drug-likeness (QED) is 0.227. The monoisotopic (exact) mass is 643 g/mol. The molecule has 0 aliphatic carbocycles. The van der Waals surface area contributed by atoms with Gasteiger partial charge in [-0.3, -0.25) is 14.4 Å². The van der Waals surface area contributed by atoms with Crippen LogP contribution in [0.4, 0.5) is 25.0 Å². The number of anilines is 2. The van der Waals surface area contributed by atoms with Crippen LogP contribution in [-0.2, 0) is 16.6 Å². The number of carbonyl (C=O) groups is 2. The van der Waals surface area contributed by atoms with Crippen LogP contribution in [0.5, 0.6) is 11.5 Å². The maximum atomic E-state index is 14.4. The number of hydrogen-bond acceptors (Lipinski definition) is 6. The second kappa shape index (κ2) is 14.7. The molecule has 0 aromatic heterocycles. The van der Waals surface area contributed by atoms with E-state index in [9.17, 15) is 26.8 Å². The van der Waals surface area contributed by atoms with Crippen LogP contribution in [0, 0.1) is 18.6 Å². The number of amides is 3. The number of carbonyl (C=O) groups excluding carboxylic acids is 2. The van der Waals surface area contributed by atoms with Crippen molar-refractivity contribution in [2.75, 3.05) is 35.9 Å². The van der Waals surface area contributed by atoms with Crippen molar-refractivity contribution in [2.24, 2.45) is 5.73 Å². The van der Waals surface area contributed by atoms with E-state index >= 15 is 0 Å². The van der Waals surface area contributed by atoms with Crippen LogP contribution in [0.25, 0.3) is 0 Å². The molecule has 4 N–H and O–H groups in total. The molecule has 1 aliphatic rings. The Morgan fingerprint density at radius 3 is 2.29 bits per heavy atom. The number of rotatable bonds is 12. The van der Waals surface area contributed by atoms with Gasteiger partial charge in [0.2, 0.25) is 10.0 Å². The molecule has 0 radical (unpaired) electrons. The van der Waals surface area contributed by atoms with Gasteiger partial charge in [-0.1, -0.05) is 19.4 Å². The SMILES string of the molecule is CCCCN(C(=O)Nc1cc(C(N)=O)c(F)cc1F)C1CCN(Cc2ccc(Oc3ccc(NS(C)(=O)=O)cc3)cc2C)CC1. The Hall–Kier alpha value is -4.23. The zero-order chi connectivity index (χ0) is 32.7. The van der Waals surface area contributed by atoms with E-state index in [1.807, 2.05) is 32.0 Å². The number of piperidine rings is 1. The summed E-state index contributed by atoms with van der Waals surface area (Å²) in [7, 11) is -3.36. The molecule has 45 heavy (non-hydrogen) atoms. The Labute approximate surface area is 262 Å². The minimum Gasteiger partial charge on any atom is -0.457 e. The van der Waals surface area contributed by atoms with Crippen molar-refractivity contribution >= 4 is 33.3 Å². The first kappa shape index (κ1) is 33.7. The molecule has 0 unspecified atom stereocenters. The summed E-state index contributed by atoms with van der Waals surface area (Å²) in [4.78, 5) is 28.8. The topological polar surface area (TPSA) is 134 Å². The largest absolute Gasteiger partial charge is 0.457 e. The first-order valence-corrected chi connectivity index (χ1v) is 16.7. The lowest BCUT2D eigenvalue weighted by atomic mass is 10.0. The molecular weight excluding hydrogens is 604 g/mol. The minimum absolute atomic E-state index is 0.0668. The van der Waals surface area contributed by atoms with Crippen molar-refractivity contribution in [2.45, 2.75) is 52.1 Å². The molecule has 0 bridgehead atoms. The summed E-state index contributed by atoms with van der Waals surface area (Å²) in [5.74, 6) is -1.87. The van der Waals surface area contributed by atoms with Gasteiger partial charge in [-0.25, -0.2) is 22.0 Å². The zero-order valence-corrected chi connectivity index (χ0v) is 26.4. The van der Waals surface area contributed by atoms with Crippen molar-refractivity contribution in [3.63, 3.8) is 0 Å². The van der Waals surface area contributed by atoms with Gasteiger partial charge in [0.1, 0.15) is 23.1 Å². The third kappa shape index (κ3) is 9.38. The van der Waals surface area contributed by atoms with Crippen LogP contribution < -0.4 is 20.5 Å². The molecule has 4 rings (SSSR count). The first-order valence-electron chi connectivity index (χ1n) is 14.8. The van der Waals surface area contributed by atoms with Gasteiger partial charge in [-0.15, -0.1) is 0 Å². The molecule has 3 aromatic rings. The Morgan fingerprint density at radius 1 is 1.02 bits per heavy atom. The molecular formula is C32H39F2N5O5S. The molecule has 10 nitrogen and oxygen atoms in total. The number of nitrogens with two attached hydrogens (primary N) is 1. The number of likely N-dealkylation sites (tertiary alicyclic amines) is 1. The van der Waals surface area contributed by atoms with Crippen LogP contribution in [-0.4, -0.2) is 62.1 Å². The van der Waals surface area contributed by atoms with Gasteiger partial charge in [0.25, 0.3) is 5.91 Å². The number of halogens is 2. The Morgan fingerprint density at radius 2 is 1.69 bits per heavy atom. The number of urea groups is 1. The van der Waals surface area contributed by atoms with Gasteiger partial charge >= 0.3 is 6.03 Å². The van der Waals surface area contributed by atoms with Gasteiger partial charge in [0.05, 0.1) is 17.5 Å². The van der Waals surface area contributed by atoms with E-state index in [1.54, 1.807) is 29.2 Å². The standard InChI is InChI=1S/C32H39F2N5O5S/c1-4-5-14-39(32(41)36-30-18-27(31(35)40)28(33)19-29(30)34)24-12-15-38(16-13-24)20-22-6-9-26(17-21(22)2)44-25-10-7-23(8-11-25)37-45(3,42)43/h6-11,17-19,24,37H,4-5,12-16,20H2,1-3H3,(H2,35,40)(H,36,41). The molecule has 0 spiro atoms. The number of nitrogens with one attached hydrogen (secondary N) is 2. The number of nitrogens with zero attached hydrogens (tertiary/aromatic N) is 2. The normalized spacial score (nSPS) is 14.2.